The molecule has 2 unspecified atom stereocenters. The number of ether oxygens (including phenoxy) is 3. The van der Waals surface area contributed by atoms with Gasteiger partial charge < -0.3 is 24.0 Å². The van der Waals surface area contributed by atoms with Gasteiger partial charge in [0.2, 0.25) is 0 Å². The Hall–Kier alpha value is -1.56. The first kappa shape index (κ1) is 14.8. The van der Waals surface area contributed by atoms with E-state index in [9.17, 15) is 0 Å². The maximum atomic E-state index is 6.24. The molecule has 5 rings (SSSR count). The molecule has 4 aliphatic rings. The van der Waals surface area contributed by atoms with E-state index in [1.807, 2.05) is 0 Å². The number of fused-ring (bicyclic) bond motifs is 5. The molecule has 24 heavy (non-hydrogen) atoms. The van der Waals surface area contributed by atoms with Crippen molar-refractivity contribution in [2.24, 2.45) is 0 Å². The molecular weight excluding hydrogens is 304 g/mol. The number of nitrogens with zero attached hydrogens (tertiary/aromatic N) is 2. The molecule has 128 valence electrons. The van der Waals surface area contributed by atoms with Gasteiger partial charge in [0.1, 0.15) is 12.2 Å². The van der Waals surface area contributed by atoms with E-state index >= 15 is 0 Å². The van der Waals surface area contributed by atoms with Gasteiger partial charge in [0.05, 0.1) is 26.4 Å². The van der Waals surface area contributed by atoms with Crippen molar-refractivity contribution >= 4 is 11.4 Å². The fourth-order valence-electron chi connectivity index (χ4n) is 4.31. The molecule has 0 N–H and O–H groups in total. The third-order valence-corrected chi connectivity index (χ3v) is 5.58. The van der Waals surface area contributed by atoms with E-state index in [0.717, 1.165) is 52.6 Å². The lowest BCUT2D eigenvalue weighted by molar-refractivity contribution is 0.0831. The predicted octanol–water partition coefficient (Wildman–Crippen LogP) is 2.43. The average molecular weight is 328 g/mol. The number of hydrogen-bond donors (Lipinski definition) is 0. The highest BCUT2D eigenvalue weighted by molar-refractivity contribution is 5.71. The summed E-state index contributed by atoms with van der Waals surface area (Å²) in [7, 11) is 0. The SMILES string of the molecule is CC1=CC2OC1c1c2cc(N2CCOCC2)cc1N1CCOCC1. The van der Waals surface area contributed by atoms with Crippen LogP contribution in [0.3, 0.4) is 0 Å². The predicted molar refractivity (Wildman–Crippen MR) is 92.8 cm³/mol. The Kier molecular flexibility index (Phi) is 3.54. The van der Waals surface area contributed by atoms with E-state index in [0.29, 0.717) is 0 Å². The molecule has 1 aromatic rings. The van der Waals surface area contributed by atoms with E-state index < -0.39 is 0 Å². The Morgan fingerprint density at radius 2 is 1.58 bits per heavy atom. The van der Waals surface area contributed by atoms with Crippen LogP contribution in [0.25, 0.3) is 0 Å². The maximum Gasteiger partial charge on any atom is 0.107 e. The first-order valence-electron chi connectivity index (χ1n) is 8.98. The van der Waals surface area contributed by atoms with Crippen molar-refractivity contribution in [1.29, 1.82) is 0 Å². The van der Waals surface area contributed by atoms with Crippen molar-refractivity contribution in [3.05, 3.63) is 34.9 Å². The van der Waals surface area contributed by atoms with Crippen molar-refractivity contribution in [2.75, 3.05) is 62.4 Å². The summed E-state index contributed by atoms with van der Waals surface area (Å²) >= 11 is 0. The summed E-state index contributed by atoms with van der Waals surface area (Å²) in [4.78, 5) is 4.92. The standard InChI is InChI=1S/C19H24N2O3/c1-13-10-17-15-11-14(20-2-6-22-7-3-20)12-16(18(15)19(13)24-17)21-4-8-23-9-5-21/h10-12,17,19H,2-9H2,1H3. The largest absolute Gasteiger partial charge is 0.378 e. The maximum absolute atomic E-state index is 6.24. The Morgan fingerprint density at radius 3 is 2.29 bits per heavy atom. The van der Waals surface area contributed by atoms with Crippen molar-refractivity contribution in [3.63, 3.8) is 0 Å². The zero-order valence-corrected chi connectivity index (χ0v) is 14.2. The number of anilines is 2. The first-order valence-corrected chi connectivity index (χ1v) is 8.98. The molecular formula is C19H24N2O3. The Morgan fingerprint density at radius 1 is 0.917 bits per heavy atom. The molecule has 0 aromatic heterocycles. The van der Waals surface area contributed by atoms with Crippen molar-refractivity contribution in [2.45, 2.75) is 19.1 Å². The van der Waals surface area contributed by atoms with Crippen LogP contribution < -0.4 is 9.80 Å². The molecule has 4 heterocycles. The van der Waals surface area contributed by atoms with Crippen LogP contribution in [0.15, 0.2) is 23.8 Å². The van der Waals surface area contributed by atoms with Crippen LogP contribution in [0.1, 0.15) is 30.3 Å². The number of hydrogen-bond acceptors (Lipinski definition) is 5. The van der Waals surface area contributed by atoms with Crippen LogP contribution in [0.4, 0.5) is 11.4 Å². The van der Waals surface area contributed by atoms with Gasteiger partial charge in [-0.05, 0) is 36.3 Å². The molecule has 2 fully saturated rings. The molecule has 0 saturated carbocycles. The van der Waals surface area contributed by atoms with E-state index in [-0.39, 0.29) is 12.2 Å². The summed E-state index contributed by atoms with van der Waals surface area (Å²) in [6.07, 6.45) is 2.55. The second kappa shape index (κ2) is 5.76. The van der Waals surface area contributed by atoms with Gasteiger partial charge in [0.15, 0.2) is 0 Å². The van der Waals surface area contributed by atoms with Gasteiger partial charge >= 0.3 is 0 Å². The second-order valence-corrected chi connectivity index (χ2v) is 7.01. The Bertz CT molecular complexity index is 675. The van der Waals surface area contributed by atoms with E-state index in [1.165, 1.54) is 28.1 Å². The minimum absolute atomic E-state index is 0.130. The molecule has 0 spiro atoms. The average Bonchev–Trinajstić information content (AvgIpc) is 3.20. The molecule has 5 nitrogen and oxygen atoms in total. The van der Waals surface area contributed by atoms with E-state index in [1.54, 1.807) is 0 Å². The highest BCUT2D eigenvalue weighted by Gasteiger charge is 2.40. The van der Waals surface area contributed by atoms with Crippen molar-refractivity contribution in [1.82, 2.24) is 0 Å². The molecule has 4 aliphatic heterocycles. The summed E-state index contributed by atoms with van der Waals surface area (Å²) in [6, 6.07) is 4.71. The topological polar surface area (TPSA) is 34.2 Å². The molecule has 0 amide bonds. The molecule has 2 saturated heterocycles. The highest BCUT2D eigenvalue weighted by Crippen LogP contribution is 2.54. The third kappa shape index (κ3) is 2.26. The van der Waals surface area contributed by atoms with Gasteiger partial charge in [0.25, 0.3) is 0 Å². The fraction of sp³-hybridized carbons (Fsp3) is 0.579. The fourth-order valence-corrected chi connectivity index (χ4v) is 4.31. The summed E-state index contributed by atoms with van der Waals surface area (Å²) in [5.74, 6) is 0. The molecule has 2 atom stereocenters. The van der Waals surface area contributed by atoms with E-state index in [2.05, 4.69) is 34.9 Å². The highest BCUT2D eigenvalue weighted by atomic mass is 16.5. The van der Waals surface area contributed by atoms with Gasteiger partial charge in [0, 0.05) is 43.1 Å². The minimum atomic E-state index is 0.130. The van der Waals surface area contributed by atoms with Gasteiger partial charge in [-0.2, -0.15) is 0 Å². The van der Waals surface area contributed by atoms with Crippen molar-refractivity contribution < 1.29 is 14.2 Å². The quantitative estimate of drug-likeness (QED) is 0.779. The molecule has 0 aliphatic carbocycles. The molecule has 2 bridgehead atoms. The van der Waals surface area contributed by atoms with Crippen LogP contribution in [-0.4, -0.2) is 52.6 Å². The summed E-state index contributed by atoms with van der Waals surface area (Å²) in [6.45, 7) is 9.26. The lowest BCUT2D eigenvalue weighted by Crippen LogP contribution is -2.38. The van der Waals surface area contributed by atoms with Gasteiger partial charge in [-0.25, -0.2) is 0 Å². The number of rotatable bonds is 2. The zero-order chi connectivity index (χ0) is 16.1. The number of benzene rings is 1. The zero-order valence-electron chi connectivity index (χ0n) is 14.2. The summed E-state index contributed by atoms with van der Waals surface area (Å²) < 4.78 is 17.3. The van der Waals surface area contributed by atoms with Crippen LogP contribution in [-0.2, 0) is 14.2 Å². The summed E-state index contributed by atoms with van der Waals surface area (Å²) in [5, 5.41) is 0. The molecule has 0 radical (unpaired) electrons. The summed E-state index contributed by atoms with van der Waals surface area (Å²) in [5.41, 5.74) is 6.74. The monoisotopic (exact) mass is 328 g/mol. The molecule has 1 aromatic carbocycles. The normalized spacial score (nSPS) is 29.0. The third-order valence-electron chi connectivity index (χ3n) is 5.58. The van der Waals surface area contributed by atoms with Gasteiger partial charge in [-0.15, -0.1) is 0 Å². The Labute approximate surface area is 142 Å². The lowest BCUT2D eigenvalue weighted by atomic mass is 9.89. The number of morpholine rings is 2. The lowest BCUT2D eigenvalue weighted by Gasteiger charge is -2.35. The van der Waals surface area contributed by atoms with E-state index in [4.69, 9.17) is 14.2 Å². The van der Waals surface area contributed by atoms with Crippen LogP contribution in [0, 0.1) is 0 Å². The van der Waals surface area contributed by atoms with Crippen molar-refractivity contribution in [3.8, 4) is 0 Å². The first-order chi connectivity index (χ1) is 11.8. The van der Waals surface area contributed by atoms with Gasteiger partial charge in [-0.1, -0.05) is 0 Å². The molecule has 5 heteroatoms. The van der Waals surface area contributed by atoms with Crippen LogP contribution >= 0.6 is 0 Å². The second-order valence-electron chi connectivity index (χ2n) is 7.01. The van der Waals surface area contributed by atoms with Crippen LogP contribution in [0.5, 0.6) is 0 Å². The Balaban J connectivity index is 1.59. The smallest absolute Gasteiger partial charge is 0.107 e. The van der Waals surface area contributed by atoms with Crippen LogP contribution in [0.2, 0.25) is 0 Å². The minimum Gasteiger partial charge on any atom is -0.378 e. The van der Waals surface area contributed by atoms with Gasteiger partial charge in [-0.3, -0.25) is 0 Å².